The summed E-state index contributed by atoms with van der Waals surface area (Å²) >= 11 is 0. The molecule has 22 heavy (non-hydrogen) atoms. The van der Waals surface area contributed by atoms with Crippen molar-refractivity contribution in [3.05, 3.63) is 57.4 Å². The van der Waals surface area contributed by atoms with Gasteiger partial charge in [0.2, 0.25) is 0 Å². The number of amides is 1. The van der Waals surface area contributed by atoms with Crippen molar-refractivity contribution in [2.24, 2.45) is 7.05 Å². The zero-order chi connectivity index (χ0) is 15.7. The molecule has 3 rings (SSSR count). The van der Waals surface area contributed by atoms with Crippen molar-refractivity contribution in [3.63, 3.8) is 0 Å². The minimum absolute atomic E-state index is 0.112. The van der Waals surface area contributed by atoms with Gasteiger partial charge < -0.3 is 15.0 Å². The first-order chi connectivity index (χ1) is 10.6. The van der Waals surface area contributed by atoms with E-state index in [4.69, 9.17) is 0 Å². The average molecular weight is 297 g/mol. The van der Waals surface area contributed by atoms with E-state index in [2.05, 4.69) is 5.32 Å². The van der Waals surface area contributed by atoms with Gasteiger partial charge in [0.15, 0.2) is 0 Å². The number of benzene rings is 1. The van der Waals surface area contributed by atoms with Gasteiger partial charge in [-0.3, -0.25) is 9.59 Å². The fourth-order valence-corrected chi connectivity index (χ4v) is 2.96. The molecule has 1 amide bonds. The lowest BCUT2D eigenvalue weighted by molar-refractivity contribution is -0.279. The Morgan fingerprint density at radius 1 is 1.14 bits per heavy atom. The number of fused-ring (bicyclic) bond motifs is 1. The monoisotopic (exact) mass is 297 g/mol. The zero-order valence-corrected chi connectivity index (χ0v) is 12.4. The molecule has 5 nitrogen and oxygen atoms in total. The van der Waals surface area contributed by atoms with Crippen LogP contribution in [0.4, 0.5) is 5.69 Å². The van der Waals surface area contributed by atoms with E-state index in [0.717, 1.165) is 17.4 Å². The lowest BCUT2D eigenvalue weighted by Crippen LogP contribution is -2.32. The van der Waals surface area contributed by atoms with Crippen molar-refractivity contribution in [1.82, 2.24) is 4.57 Å². The molecule has 1 aromatic heterocycles. The standard InChI is InChI=1S/C17H18N2O3/c1-19-16(21)13-10-6-5-9-12(13)14(17(19)22)15(20)18-11-7-3-2-4-8-11/h2-4,7-8,22H,5-6,9-10H2,1H3,(H,18,20)/p-1. The highest BCUT2D eigenvalue weighted by Crippen LogP contribution is 2.27. The van der Waals surface area contributed by atoms with E-state index in [9.17, 15) is 14.7 Å². The maximum Gasteiger partial charge on any atom is 0.256 e. The number of hydrogen-bond acceptors (Lipinski definition) is 3. The Morgan fingerprint density at radius 3 is 2.45 bits per heavy atom. The predicted molar refractivity (Wildman–Crippen MR) is 82.2 cm³/mol. The highest BCUT2D eigenvalue weighted by Gasteiger charge is 2.23. The molecular formula is C17H17N2O3-. The summed E-state index contributed by atoms with van der Waals surface area (Å²) in [6.07, 6.45) is 3.05. The molecule has 0 atom stereocenters. The molecule has 0 unspecified atom stereocenters. The number of hydrogen-bond donors (Lipinski definition) is 1. The fraction of sp³-hybridized carbons (Fsp3) is 0.294. The van der Waals surface area contributed by atoms with Gasteiger partial charge in [0, 0.05) is 18.3 Å². The predicted octanol–water partition coefficient (Wildman–Crippen LogP) is 1.59. The summed E-state index contributed by atoms with van der Waals surface area (Å²) in [5, 5.41) is 15.1. The third kappa shape index (κ3) is 2.39. The lowest BCUT2D eigenvalue weighted by atomic mass is 9.89. The number of carbonyl (C=O) groups is 1. The quantitative estimate of drug-likeness (QED) is 0.914. The van der Waals surface area contributed by atoms with Crippen LogP contribution in [-0.4, -0.2) is 10.5 Å². The number of carbonyl (C=O) groups excluding carboxylic acids is 1. The Kier molecular flexibility index (Phi) is 3.71. The van der Waals surface area contributed by atoms with Gasteiger partial charge in [0.05, 0.1) is 5.56 Å². The molecule has 0 spiro atoms. The summed E-state index contributed by atoms with van der Waals surface area (Å²) in [6, 6.07) is 8.99. The van der Waals surface area contributed by atoms with Crippen molar-refractivity contribution in [1.29, 1.82) is 0 Å². The van der Waals surface area contributed by atoms with Gasteiger partial charge in [0.1, 0.15) is 0 Å². The van der Waals surface area contributed by atoms with Gasteiger partial charge in [-0.15, -0.1) is 0 Å². The van der Waals surface area contributed by atoms with Crippen LogP contribution < -0.4 is 16.0 Å². The molecule has 0 saturated carbocycles. The Morgan fingerprint density at radius 2 is 1.77 bits per heavy atom. The number of rotatable bonds is 2. The van der Waals surface area contributed by atoms with E-state index >= 15 is 0 Å². The second-order valence-corrected chi connectivity index (χ2v) is 5.53. The summed E-state index contributed by atoms with van der Waals surface area (Å²) in [4.78, 5) is 24.7. The van der Waals surface area contributed by atoms with Crippen molar-refractivity contribution < 1.29 is 9.90 Å². The van der Waals surface area contributed by atoms with Crippen LogP contribution in [0, 0.1) is 0 Å². The summed E-state index contributed by atoms with van der Waals surface area (Å²) in [7, 11) is 1.43. The molecule has 1 aliphatic carbocycles. The van der Waals surface area contributed by atoms with Crippen molar-refractivity contribution in [2.45, 2.75) is 25.7 Å². The second-order valence-electron chi connectivity index (χ2n) is 5.53. The van der Waals surface area contributed by atoms with Crippen molar-refractivity contribution in [3.8, 4) is 5.88 Å². The molecular weight excluding hydrogens is 280 g/mol. The van der Waals surface area contributed by atoms with Gasteiger partial charge in [-0.1, -0.05) is 18.2 Å². The molecule has 2 aromatic rings. The van der Waals surface area contributed by atoms with Crippen LogP contribution in [-0.2, 0) is 19.9 Å². The van der Waals surface area contributed by atoms with Gasteiger partial charge in [-0.25, -0.2) is 0 Å². The molecule has 1 aromatic carbocycles. The van der Waals surface area contributed by atoms with Gasteiger partial charge >= 0.3 is 0 Å². The summed E-state index contributed by atoms with van der Waals surface area (Å²) in [5.74, 6) is -0.955. The molecule has 5 heteroatoms. The van der Waals surface area contributed by atoms with Crippen LogP contribution in [0.15, 0.2) is 35.1 Å². The third-order valence-corrected chi connectivity index (χ3v) is 4.11. The maximum atomic E-state index is 12.5. The number of para-hydroxylation sites is 1. The number of nitrogens with zero attached hydrogens (tertiary/aromatic N) is 1. The largest absolute Gasteiger partial charge is 0.859 e. The van der Waals surface area contributed by atoms with E-state index in [1.165, 1.54) is 7.05 Å². The topological polar surface area (TPSA) is 74.2 Å². The van der Waals surface area contributed by atoms with Gasteiger partial charge in [-0.2, -0.15) is 0 Å². The molecule has 114 valence electrons. The molecule has 0 saturated heterocycles. The first-order valence-corrected chi connectivity index (χ1v) is 7.37. The van der Waals surface area contributed by atoms with Crippen LogP contribution in [0.2, 0.25) is 0 Å². The molecule has 0 fully saturated rings. The van der Waals surface area contributed by atoms with E-state index in [1.54, 1.807) is 12.1 Å². The smallest absolute Gasteiger partial charge is 0.256 e. The first-order valence-electron chi connectivity index (χ1n) is 7.37. The Hall–Kier alpha value is -2.56. The van der Waals surface area contributed by atoms with Crippen LogP contribution >= 0.6 is 0 Å². The minimum atomic E-state index is -0.515. The Bertz CT molecular complexity index is 779. The van der Waals surface area contributed by atoms with Crippen LogP contribution in [0.25, 0.3) is 0 Å². The van der Waals surface area contributed by atoms with Crippen LogP contribution in [0.5, 0.6) is 5.88 Å². The van der Waals surface area contributed by atoms with Crippen molar-refractivity contribution >= 4 is 11.6 Å². The summed E-state index contributed by atoms with van der Waals surface area (Å²) < 4.78 is 1.05. The molecule has 1 N–H and O–H groups in total. The van der Waals surface area contributed by atoms with Gasteiger partial charge in [-0.05, 0) is 49.3 Å². The van der Waals surface area contributed by atoms with Crippen LogP contribution in [0.3, 0.4) is 0 Å². The number of nitrogens with one attached hydrogen (secondary N) is 1. The highest BCUT2D eigenvalue weighted by molar-refractivity contribution is 6.07. The van der Waals surface area contributed by atoms with E-state index < -0.39 is 11.8 Å². The molecule has 1 aliphatic rings. The van der Waals surface area contributed by atoms with E-state index in [-0.39, 0.29) is 11.1 Å². The SMILES string of the molecule is Cn1c([O-])c(C(=O)Nc2ccccc2)c2c(c1=O)CCCC2. The van der Waals surface area contributed by atoms with E-state index in [1.807, 2.05) is 18.2 Å². The average Bonchev–Trinajstić information content (AvgIpc) is 2.54. The summed E-state index contributed by atoms with van der Waals surface area (Å²) in [6.45, 7) is 0. The van der Waals surface area contributed by atoms with E-state index in [0.29, 0.717) is 29.7 Å². The molecule has 1 heterocycles. The highest BCUT2D eigenvalue weighted by atomic mass is 16.3. The minimum Gasteiger partial charge on any atom is -0.859 e. The normalized spacial score (nSPS) is 13.5. The third-order valence-electron chi connectivity index (χ3n) is 4.11. The fourth-order valence-electron chi connectivity index (χ4n) is 2.96. The number of anilines is 1. The molecule has 0 radical (unpaired) electrons. The molecule has 0 aliphatic heterocycles. The Labute approximate surface area is 128 Å². The van der Waals surface area contributed by atoms with Gasteiger partial charge in [0.25, 0.3) is 11.5 Å². The lowest BCUT2D eigenvalue weighted by Gasteiger charge is -2.26. The zero-order valence-electron chi connectivity index (χ0n) is 12.4. The maximum absolute atomic E-state index is 12.5. The Balaban J connectivity index is 2.08. The first kappa shape index (κ1) is 14.4. The van der Waals surface area contributed by atoms with Crippen molar-refractivity contribution in [2.75, 3.05) is 5.32 Å². The second kappa shape index (κ2) is 5.67. The van der Waals surface area contributed by atoms with Crippen LogP contribution in [0.1, 0.15) is 34.3 Å². The summed E-state index contributed by atoms with van der Waals surface area (Å²) in [5.41, 5.74) is 1.72. The molecule has 0 bridgehead atoms. The number of aromatic nitrogens is 1. The number of pyridine rings is 1.